The summed E-state index contributed by atoms with van der Waals surface area (Å²) in [6.07, 6.45) is 49.3. The Labute approximate surface area is 549 Å². The van der Waals surface area contributed by atoms with Crippen molar-refractivity contribution in [2.75, 3.05) is 39.6 Å². The predicted octanol–water partition coefficient (Wildman–Crippen LogP) is 20.4. The molecular weight excluding hydrogens is 1190 g/mol. The molecule has 3 N–H and O–H groups in total. The zero-order valence-corrected chi connectivity index (χ0v) is 60.2. The number of rotatable bonds is 70. The summed E-state index contributed by atoms with van der Waals surface area (Å²) in [6.45, 7) is 9.43. The molecule has 0 aliphatic carbocycles. The summed E-state index contributed by atoms with van der Waals surface area (Å²) in [6, 6.07) is 0. The van der Waals surface area contributed by atoms with Gasteiger partial charge in [-0.05, 0) is 37.5 Å². The number of hydrogen-bond donors (Lipinski definition) is 3. The van der Waals surface area contributed by atoms with E-state index < -0.39 is 97.5 Å². The number of phosphoric acid groups is 2. The fourth-order valence-electron chi connectivity index (χ4n) is 10.7. The van der Waals surface area contributed by atoms with Crippen molar-refractivity contribution in [3.05, 3.63) is 0 Å². The molecule has 0 aromatic carbocycles. The maximum absolute atomic E-state index is 13.0. The van der Waals surface area contributed by atoms with Crippen molar-refractivity contribution >= 4 is 39.5 Å². The monoisotopic (exact) mass is 1320 g/mol. The molecule has 3 unspecified atom stereocenters. The minimum atomic E-state index is -4.95. The van der Waals surface area contributed by atoms with Crippen molar-refractivity contribution in [3.8, 4) is 0 Å². The Bertz CT molecular complexity index is 1750. The second kappa shape index (κ2) is 63.1. The Kier molecular flexibility index (Phi) is 61.8. The Morgan fingerprint density at radius 1 is 0.322 bits per heavy atom. The molecule has 0 aromatic rings. The lowest BCUT2D eigenvalue weighted by Gasteiger charge is -2.21. The summed E-state index contributed by atoms with van der Waals surface area (Å²) >= 11 is 0. The molecular formula is C71H138O17P2. The zero-order chi connectivity index (χ0) is 66.5. The maximum atomic E-state index is 13.0. The van der Waals surface area contributed by atoms with Crippen LogP contribution < -0.4 is 0 Å². The van der Waals surface area contributed by atoms with Gasteiger partial charge in [-0.15, -0.1) is 0 Å². The van der Waals surface area contributed by atoms with E-state index in [1.165, 1.54) is 173 Å². The molecule has 0 radical (unpaired) electrons. The minimum Gasteiger partial charge on any atom is -0.462 e. The first-order valence-electron chi connectivity index (χ1n) is 37.0. The van der Waals surface area contributed by atoms with Gasteiger partial charge in [0.05, 0.1) is 26.4 Å². The molecule has 0 amide bonds. The van der Waals surface area contributed by atoms with Gasteiger partial charge in [-0.1, -0.05) is 311 Å². The molecule has 0 saturated heterocycles. The van der Waals surface area contributed by atoms with Crippen LogP contribution in [0.5, 0.6) is 0 Å². The number of ether oxygens (including phenoxy) is 4. The second-order valence-electron chi connectivity index (χ2n) is 26.3. The van der Waals surface area contributed by atoms with E-state index in [-0.39, 0.29) is 25.7 Å². The van der Waals surface area contributed by atoms with E-state index in [9.17, 15) is 43.2 Å². The average Bonchev–Trinajstić information content (AvgIpc) is 3.19. The van der Waals surface area contributed by atoms with E-state index in [2.05, 4.69) is 41.5 Å². The van der Waals surface area contributed by atoms with Gasteiger partial charge in [-0.3, -0.25) is 37.3 Å². The van der Waals surface area contributed by atoms with E-state index in [0.717, 1.165) is 102 Å². The number of aliphatic hydroxyl groups is 1. The normalized spacial score (nSPS) is 14.4. The smallest absolute Gasteiger partial charge is 0.462 e. The van der Waals surface area contributed by atoms with Crippen LogP contribution in [0.2, 0.25) is 0 Å². The number of carbonyl (C=O) groups excluding carboxylic acids is 4. The van der Waals surface area contributed by atoms with Gasteiger partial charge in [0.2, 0.25) is 0 Å². The van der Waals surface area contributed by atoms with Gasteiger partial charge < -0.3 is 33.8 Å². The summed E-state index contributed by atoms with van der Waals surface area (Å²) in [5, 5.41) is 10.5. The summed E-state index contributed by atoms with van der Waals surface area (Å²) in [5.74, 6) is -0.598. The largest absolute Gasteiger partial charge is 0.472 e. The third-order valence-corrected chi connectivity index (χ3v) is 18.7. The van der Waals surface area contributed by atoms with Crippen molar-refractivity contribution in [1.82, 2.24) is 0 Å². The van der Waals surface area contributed by atoms with Crippen LogP contribution in [0.1, 0.15) is 363 Å². The minimum absolute atomic E-state index is 0.101. The van der Waals surface area contributed by atoms with E-state index in [1.54, 1.807) is 0 Å². The number of esters is 4. The van der Waals surface area contributed by atoms with E-state index in [1.807, 2.05) is 0 Å². The van der Waals surface area contributed by atoms with Crippen molar-refractivity contribution in [2.45, 2.75) is 381 Å². The predicted molar refractivity (Wildman–Crippen MR) is 363 cm³/mol. The standard InChI is InChI=1S/C71H138O17P2/c1-7-10-12-14-15-16-17-18-26-29-32-35-42-48-54-69(74)82-60-67(87-70(75)55-49-43-36-33-30-27-24-22-20-19-21-23-25-28-31-34-41-46-52-64(6)9-3)62-86-90(79,80)84-58-65(72)57-83-89(77,78)85-61-66(59-81-68(73)53-47-39-13-11-8-2)88-71(76)56-50-44-38-37-40-45-51-63(4)5/h63-67,72H,7-62H2,1-6H3,(H,77,78)(H,79,80)/t64?,65-,66+,67+/m0/s1. The number of aliphatic hydroxyl groups excluding tert-OH is 1. The third-order valence-electron chi connectivity index (χ3n) is 16.8. The van der Waals surface area contributed by atoms with Crippen molar-refractivity contribution in [1.29, 1.82) is 0 Å². The van der Waals surface area contributed by atoms with Crippen LogP contribution in [-0.4, -0.2) is 96.7 Å². The summed E-state index contributed by atoms with van der Waals surface area (Å²) < 4.78 is 68.0. The highest BCUT2D eigenvalue weighted by Gasteiger charge is 2.30. The van der Waals surface area contributed by atoms with Gasteiger partial charge in [-0.2, -0.15) is 0 Å². The van der Waals surface area contributed by atoms with Crippen LogP contribution in [-0.2, 0) is 65.4 Å². The Morgan fingerprint density at radius 3 is 0.844 bits per heavy atom. The molecule has 0 aliphatic rings. The van der Waals surface area contributed by atoms with Crippen LogP contribution in [0.25, 0.3) is 0 Å². The number of phosphoric ester groups is 2. The second-order valence-corrected chi connectivity index (χ2v) is 29.3. The highest BCUT2D eigenvalue weighted by atomic mass is 31.2. The van der Waals surface area contributed by atoms with Crippen molar-refractivity contribution < 1.29 is 80.2 Å². The molecule has 17 nitrogen and oxygen atoms in total. The molecule has 0 bridgehead atoms. The molecule has 0 aromatic heterocycles. The third kappa shape index (κ3) is 63.5. The number of carbonyl (C=O) groups is 4. The molecule has 534 valence electrons. The van der Waals surface area contributed by atoms with Gasteiger partial charge in [0.25, 0.3) is 0 Å². The molecule has 90 heavy (non-hydrogen) atoms. The topological polar surface area (TPSA) is 237 Å². The Hall–Kier alpha value is -1.94. The van der Waals surface area contributed by atoms with Crippen molar-refractivity contribution in [2.24, 2.45) is 11.8 Å². The van der Waals surface area contributed by atoms with E-state index >= 15 is 0 Å². The Balaban J connectivity index is 5.09. The SMILES string of the molecule is CCCCCCCCCCCCCCCCC(=O)OC[C@H](COP(=O)(O)OC[C@@H](O)COP(=O)(O)OC[C@@H](COC(=O)CCCCCCC)OC(=O)CCCCCCCCC(C)C)OC(=O)CCCCCCCCCCCCCCCCCCCCC(C)CC. The molecule has 0 heterocycles. The highest BCUT2D eigenvalue weighted by molar-refractivity contribution is 7.47. The number of hydrogen-bond acceptors (Lipinski definition) is 15. The lowest BCUT2D eigenvalue weighted by Crippen LogP contribution is -2.30. The van der Waals surface area contributed by atoms with Crippen LogP contribution in [0.15, 0.2) is 0 Å². The first-order chi connectivity index (χ1) is 43.4. The van der Waals surface area contributed by atoms with Gasteiger partial charge in [0.1, 0.15) is 19.3 Å². The summed E-state index contributed by atoms with van der Waals surface area (Å²) in [7, 11) is -9.89. The van der Waals surface area contributed by atoms with Crippen molar-refractivity contribution in [3.63, 3.8) is 0 Å². The first kappa shape index (κ1) is 88.1. The Morgan fingerprint density at radius 2 is 0.567 bits per heavy atom. The number of unbranched alkanes of at least 4 members (excludes halogenated alkanes) is 39. The molecule has 19 heteroatoms. The summed E-state index contributed by atoms with van der Waals surface area (Å²) in [4.78, 5) is 72.2. The quantitative estimate of drug-likeness (QED) is 0.0222. The van der Waals surface area contributed by atoms with Crippen LogP contribution in [0.3, 0.4) is 0 Å². The maximum Gasteiger partial charge on any atom is 0.472 e. The molecule has 0 fully saturated rings. The fourth-order valence-corrected chi connectivity index (χ4v) is 12.3. The molecule has 0 rings (SSSR count). The van der Waals surface area contributed by atoms with E-state index in [0.29, 0.717) is 31.6 Å². The lowest BCUT2D eigenvalue weighted by atomic mass is 9.99. The lowest BCUT2D eigenvalue weighted by molar-refractivity contribution is -0.161. The molecule has 6 atom stereocenters. The highest BCUT2D eigenvalue weighted by Crippen LogP contribution is 2.45. The van der Waals surface area contributed by atoms with Gasteiger partial charge in [0, 0.05) is 25.7 Å². The molecule has 0 saturated carbocycles. The van der Waals surface area contributed by atoms with Crippen LogP contribution in [0, 0.1) is 11.8 Å². The van der Waals surface area contributed by atoms with E-state index in [4.69, 9.17) is 37.0 Å². The average molecular weight is 1330 g/mol. The fraction of sp³-hybridized carbons (Fsp3) is 0.944. The summed E-state index contributed by atoms with van der Waals surface area (Å²) in [5.41, 5.74) is 0. The molecule has 0 spiro atoms. The van der Waals surface area contributed by atoms with Gasteiger partial charge in [-0.25, -0.2) is 9.13 Å². The first-order valence-corrected chi connectivity index (χ1v) is 40.0. The van der Waals surface area contributed by atoms with Gasteiger partial charge in [0.15, 0.2) is 12.2 Å². The van der Waals surface area contributed by atoms with Crippen LogP contribution in [0.4, 0.5) is 0 Å². The van der Waals surface area contributed by atoms with Gasteiger partial charge >= 0.3 is 39.5 Å². The zero-order valence-electron chi connectivity index (χ0n) is 58.4. The molecule has 0 aliphatic heterocycles. The van der Waals surface area contributed by atoms with Crippen LogP contribution >= 0.6 is 15.6 Å².